The summed E-state index contributed by atoms with van der Waals surface area (Å²) in [6, 6.07) is 0. The van der Waals surface area contributed by atoms with Gasteiger partial charge in [0.05, 0.1) is 6.10 Å². The Morgan fingerprint density at radius 3 is 0.879 bits per heavy atom. The van der Waals surface area contributed by atoms with Gasteiger partial charge in [-0.2, -0.15) is 0 Å². The fraction of sp³-hybridized carbons (Fsp3) is 0.838. The van der Waals surface area contributed by atoms with E-state index in [0.29, 0.717) is 126 Å². The third-order valence-corrected chi connectivity index (χ3v) is 19.7. The van der Waals surface area contributed by atoms with E-state index in [9.17, 15) is 14.0 Å². The van der Waals surface area contributed by atoms with Gasteiger partial charge in [0.25, 0.3) is 0 Å². The second kappa shape index (κ2) is 76.5. The Morgan fingerprint density at radius 1 is 0.397 bits per heavy atom. The summed E-state index contributed by atoms with van der Waals surface area (Å²) in [7, 11) is 0. The van der Waals surface area contributed by atoms with Crippen LogP contribution in [0.15, 0.2) is 81.5 Å². The lowest BCUT2D eigenvalue weighted by Gasteiger charge is -2.26. The molecule has 1 aliphatic rings. The van der Waals surface area contributed by atoms with Gasteiger partial charge in [0.15, 0.2) is 0 Å². The van der Waals surface area contributed by atoms with Gasteiger partial charge in [0.2, 0.25) is 0 Å². The van der Waals surface area contributed by atoms with Crippen molar-refractivity contribution in [3.63, 3.8) is 0 Å². The number of hydrogen-bond acceptors (Lipinski definition) is 4. The Bertz CT molecular complexity index is 2500. The molecule has 0 spiro atoms. The zero-order chi connectivity index (χ0) is 94.3. The van der Waals surface area contributed by atoms with Crippen LogP contribution in [0.5, 0.6) is 0 Å². The average molecular weight is 1640 g/mol. The van der Waals surface area contributed by atoms with Crippen LogP contribution in [0.1, 0.15) is 446 Å². The molecule has 0 bridgehead atoms. The molecule has 4 nitrogen and oxygen atoms in total. The predicted molar refractivity (Wildman–Crippen MR) is 533 cm³/mol. The van der Waals surface area contributed by atoms with Crippen molar-refractivity contribution < 1.29 is 23.5 Å². The summed E-state index contributed by atoms with van der Waals surface area (Å²) in [5, 5.41) is 0. The van der Waals surface area contributed by atoms with Gasteiger partial charge in [-0.3, -0.25) is 9.59 Å². The van der Waals surface area contributed by atoms with Gasteiger partial charge in [-0.05, 0) is 257 Å². The Kier molecular flexibility index (Phi) is 87.9. The first-order valence-electron chi connectivity index (χ1n) is 47.8. The highest BCUT2D eigenvalue weighted by molar-refractivity contribution is 5.70. The van der Waals surface area contributed by atoms with Gasteiger partial charge in [0, 0.05) is 24.7 Å². The SMILES string of the molecule is C/C(=C(/C)C(C)C)C(C)C.C/C(=C\C(C)C)C(C)C.C/C(=C\C(C)C)C(C)C.C/C=C(\CC(C)C)C(C)C.CC(C)/C=C(/C(C)C)C1CC1.CC(C)/C=C/C(C)C.CC(C)C#CC(C)C.CC(C)CC(C)(F)C(C)C.CC(C)CC(CC(=O)OC(C)(C)C)C(C)C.CC(C)CC(CC(=O)OC(C)C)C(C)C.CC/C(=C\C(C)C)C(C)C. The highest BCUT2D eigenvalue weighted by Crippen LogP contribution is 2.40. The molecule has 116 heavy (non-hydrogen) atoms. The lowest BCUT2D eigenvalue weighted by Crippen LogP contribution is -2.27. The maximum Gasteiger partial charge on any atom is 0.306 e. The fourth-order valence-electron chi connectivity index (χ4n) is 11.6. The number of alkyl halides is 1. The lowest BCUT2D eigenvalue weighted by molar-refractivity contribution is -0.156. The second-order valence-electron chi connectivity index (χ2n) is 43.0. The van der Waals surface area contributed by atoms with Crippen molar-refractivity contribution in [3.8, 4) is 11.8 Å². The predicted octanol–water partition coefficient (Wildman–Crippen LogP) is 37.3. The van der Waals surface area contributed by atoms with Crippen molar-refractivity contribution >= 4 is 11.9 Å². The summed E-state index contributed by atoms with van der Waals surface area (Å²) in [5.41, 5.74) is 9.66. The third kappa shape index (κ3) is 103. The molecule has 0 N–H and O–H groups in total. The number of hydrogen-bond donors (Lipinski definition) is 0. The van der Waals surface area contributed by atoms with E-state index in [4.69, 9.17) is 9.47 Å². The molecule has 0 heterocycles. The van der Waals surface area contributed by atoms with E-state index in [0.717, 1.165) is 48.3 Å². The molecule has 5 heteroatoms. The number of carbonyl (C=O) groups excluding carboxylic acids is 2. The van der Waals surface area contributed by atoms with Gasteiger partial charge in [0.1, 0.15) is 11.3 Å². The number of allylic oxidation sites excluding steroid dienone is 14. The molecule has 0 aromatic rings. The summed E-state index contributed by atoms with van der Waals surface area (Å²) < 4.78 is 24.0. The number of ether oxygens (including phenoxy) is 2. The fourth-order valence-corrected chi connectivity index (χ4v) is 11.6. The minimum atomic E-state index is -0.978. The van der Waals surface area contributed by atoms with Crippen molar-refractivity contribution in [2.75, 3.05) is 0 Å². The molecule has 0 saturated heterocycles. The molecule has 1 fully saturated rings. The third-order valence-electron chi connectivity index (χ3n) is 19.7. The minimum Gasteiger partial charge on any atom is -0.463 e. The van der Waals surface area contributed by atoms with Crippen molar-refractivity contribution in [1.29, 1.82) is 0 Å². The zero-order valence-corrected chi connectivity index (χ0v) is 89.9. The number of esters is 2. The van der Waals surface area contributed by atoms with E-state index in [2.05, 4.69) is 387 Å². The van der Waals surface area contributed by atoms with E-state index in [1.807, 2.05) is 48.5 Å². The molecule has 1 saturated carbocycles. The van der Waals surface area contributed by atoms with Gasteiger partial charge < -0.3 is 9.47 Å². The Labute approximate surface area is 735 Å². The molecule has 1 aliphatic carbocycles. The van der Waals surface area contributed by atoms with Gasteiger partial charge in [-0.25, -0.2) is 4.39 Å². The molecule has 0 aromatic heterocycles. The van der Waals surface area contributed by atoms with E-state index in [1.54, 1.807) is 34.8 Å². The number of halogens is 1. The topological polar surface area (TPSA) is 52.6 Å². The molecule has 0 aliphatic heterocycles. The highest BCUT2D eigenvalue weighted by atomic mass is 19.1. The van der Waals surface area contributed by atoms with Crippen molar-refractivity contribution in [3.05, 3.63) is 81.5 Å². The van der Waals surface area contributed by atoms with Crippen LogP contribution in [0, 0.1) is 160 Å². The summed E-state index contributed by atoms with van der Waals surface area (Å²) >= 11 is 0. The maximum absolute atomic E-state index is 13.5. The number of rotatable bonds is 31. The van der Waals surface area contributed by atoms with Crippen LogP contribution in [0.25, 0.3) is 0 Å². The normalized spacial score (nSPS) is 14.3. The standard InChI is InChI=1S/C14H28O2.C13H26O2.C11H20.3C10H20.C9H19F.2C9H18.C8H16.C8H14/c1-10(2)8-12(11(3)4)9-13(15)16-14(5,6)7;1-9(2)7-12(10(3)4)8-13(14)15-11(5)6;1-8(2)7-11(9(3)4)10-5-6-10;1-7(2)9(5)10(6)8(3)4;2*1-6-10(9(4)5)7-8(2)3;1-7(2)6-9(5,10)8(3)4;2*1-7(2)6-9(5)8(3)4;2*1-7(2)5-6-8(3)4/h10-12H,8-9H2,1-7H3;9-12H,7-8H2,1-6H3;7-10H,5-6H2,1-4H3;7-8H,1-6H3;7-9H,6H2,1-5H3;6,8-9H,7H2,1-5H3;7-8H,6H2,1-5H3;2*6-8H,1-5H3;5-8H,1-4H3;7-8H,1-4H3/b;;11-7-;10-9+;10-7+;10-6+;;2*9-6+;6-5+;. The van der Waals surface area contributed by atoms with Crippen LogP contribution in [-0.2, 0) is 19.1 Å². The zero-order valence-electron chi connectivity index (χ0n) is 89.9. The first-order valence-corrected chi connectivity index (χ1v) is 47.8. The summed E-state index contributed by atoms with van der Waals surface area (Å²) in [6.45, 7) is 121. The molecular formula is C111H219FO4. The summed E-state index contributed by atoms with van der Waals surface area (Å²) in [5.74, 6) is 22.1. The van der Waals surface area contributed by atoms with Gasteiger partial charge >= 0.3 is 11.9 Å². The van der Waals surface area contributed by atoms with E-state index in [1.165, 1.54) is 36.8 Å². The Morgan fingerprint density at radius 2 is 0.724 bits per heavy atom. The van der Waals surface area contributed by atoms with Crippen LogP contribution < -0.4 is 0 Å². The maximum atomic E-state index is 13.5. The Balaban J connectivity index is -0.000000134. The molecule has 0 amide bonds. The first kappa shape index (κ1) is 133. The molecule has 1 rings (SSSR count). The number of carbonyl (C=O) groups is 2. The van der Waals surface area contributed by atoms with Gasteiger partial charge in [-0.15, -0.1) is 11.8 Å². The minimum absolute atomic E-state index is 0.00404. The summed E-state index contributed by atoms with van der Waals surface area (Å²) in [4.78, 5) is 23.3. The van der Waals surface area contributed by atoms with Crippen LogP contribution in [-0.4, -0.2) is 29.3 Å². The largest absolute Gasteiger partial charge is 0.463 e. The van der Waals surface area contributed by atoms with Crippen molar-refractivity contribution in [2.45, 2.75) is 463 Å². The monoisotopic (exact) mass is 1640 g/mol. The Hall–Kier alpha value is -3.39. The molecule has 3 unspecified atom stereocenters. The smallest absolute Gasteiger partial charge is 0.306 e. The van der Waals surface area contributed by atoms with E-state index >= 15 is 0 Å². The van der Waals surface area contributed by atoms with Crippen molar-refractivity contribution in [1.82, 2.24) is 0 Å². The van der Waals surface area contributed by atoms with Gasteiger partial charge in [-0.1, -0.05) is 393 Å². The van der Waals surface area contributed by atoms with Crippen LogP contribution in [0.3, 0.4) is 0 Å². The van der Waals surface area contributed by atoms with E-state index in [-0.39, 0.29) is 29.6 Å². The first-order chi connectivity index (χ1) is 52.3. The average Bonchev–Trinajstić information content (AvgIpc) is 1.71. The molecule has 0 aromatic carbocycles. The second-order valence-corrected chi connectivity index (χ2v) is 43.0. The molecular weight excluding hydrogens is 1420 g/mol. The highest BCUT2D eigenvalue weighted by Gasteiger charge is 2.29. The van der Waals surface area contributed by atoms with E-state index < -0.39 is 5.67 Å². The molecule has 694 valence electrons. The summed E-state index contributed by atoms with van der Waals surface area (Å²) in [6.07, 6.45) is 25.6. The lowest BCUT2D eigenvalue weighted by atomic mass is 9.85. The molecule has 0 radical (unpaired) electrons. The van der Waals surface area contributed by atoms with Crippen molar-refractivity contribution in [2.24, 2.45) is 148 Å². The van der Waals surface area contributed by atoms with Crippen LogP contribution >= 0.6 is 0 Å². The van der Waals surface area contributed by atoms with Crippen LogP contribution in [0.4, 0.5) is 4.39 Å². The quantitative estimate of drug-likeness (QED) is 0.0394. The van der Waals surface area contributed by atoms with Crippen LogP contribution in [0.2, 0.25) is 0 Å². The molecule has 3 atom stereocenters.